The van der Waals surface area contributed by atoms with Crippen LogP contribution in [0.2, 0.25) is 0 Å². The van der Waals surface area contributed by atoms with Gasteiger partial charge in [-0.3, -0.25) is 0 Å². The van der Waals surface area contributed by atoms with E-state index in [1.54, 1.807) is 0 Å². The molecule has 0 unspecified atom stereocenters. The van der Waals surface area contributed by atoms with Gasteiger partial charge in [0, 0.05) is 20.2 Å². The van der Waals surface area contributed by atoms with E-state index in [1.165, 1.54) is 42.4 Å². The van der Waals surface area contributed by atoms with Crippen molar-refractivity contribution in [3.63, 3.8) is 0 Å². The Balaban J connectivity index is 2.02. The summed E-state index contributed by atoms with van der Waals surface area (Å²) in [4.78, 5) is 0. The normalized spacial score (nSPS) is 11.4. The van der Waals surface area contributed by atoms with Crippen LogP contribution in [0.5, 0.6) is 0 Å². The molecule has 0 bridgehead atoms. The van der Waals surface area contributed by atoms with Crippen LogP contribution in [0.25, 0.3) is 31.3 Å². The Hall–Kier alpha value is -2.12. The van der Waals surface area contributed by atoms with Crippen molar-refractivity contribution in [1.82, 2.24) is 0 Å². The number of hydrogen-bond acceptors (Lipinski definition) is 1. The molecule has 4 aromatic rings. The van der Waals surface area contributed by atoms with Crippen LogP contribution >= 0.6 is 11.3 Å². The Morgan fingerprint density at radius 1 is 0.739 bits per heavy atom. The van der Waals surface area contributed by atoms with Crippen molar-refractivity contribution in [2.45, 2.75) is 26.7 Å². The van der Waals surface area contributed by atoms with Crippen LogP contribution in [0, 0.1) is 0 Å². The molecule has 4 rings (SSSR count). The second-order valence-electron chi connectivity index (χ2n) is 6.03. The molecule has 114 valence electrons. The Kier molecular flexibility index (Phi) is 3.66. The number of fused-ring (bicyclic) bond motifs is 3. The van der Waals surface area contributed by atoms with E-state index in [2.05, 4.69) is 74.5 Å². The first kappa shape index (κ1) is 14.5. The lowest BCUT2D eigenvalue weighted by Crippen LogP contribution is -1.89. The lowest BCUT2D eigenvalue weighted by atomic mass is 9.96. The second-order valence-corrected chi connectivity index (χ2v) is 7.08. The van der Waals surface area contributed by atoms with Crippen molar-refractivity contribution in [2.75, 3.05) is 0 Å². The third-order valence-corrected chi connectivity index (χ3v) is 5.80. The van der Waals surface area contributed by atoms with E-state index in [0.717, 1.165) is 12.8 Å². The highest BCUT2D eigenvalue weighted by Crippen LogP contribution is 2.40. The van der Waals surface area contributed by atoms with E-state index in [9.17, 15) is 0 Å². The SMILES string of the molecule is CCc1cc(CC)cc(-c2cccc3c2sc2ccccc23)c1. The van der Waals surface area contributed by atoms with Crippen LogP contribution in [0.1, 0.15) is 25.0 Å². The summed E-state index contributed by atoms with van der Waals surface area (Å²) in [6, 6.07) is 22.5. The van der Waals surface area contributed by atoms with Crippen LogP contribution < -0.4 is 0 Å². The van der Waals surface area contributed by atoms with E-state index in [-0.39, 0.29) is 0 Å². The first-order valence-electron chi connectivity index (χ1n) is 8.33. The molecule has 0 aliphatic rings. The van der Waals surface area contributed by atoms with Gasteiger partial charge in [0.1, 0.15) is 0 Å². The minimum Gasteiger partial charge on any atom is -0.135 e. The molecule has 23 heavy (non-hydrogen) atoms. The predicted octanol–water partition coefficient (Wildman–Crippen LogP) is 6.85. The molecular formula is C22H20S. The Morgan fingerprint density at radius 2 is 1.43 bits per heavy atom. The first-order chi connectivity index (χ1) is 11.3. The maximum atomic E-state index is 2.36. The number of thiophene rings is 1. The van der Waals surface area contributed by atoms with Gasteiger partial charge in [0.15, 0.2) is 0 Å². The van der Waals surface area contributed by atoms with Gasteiger partial charge >= 0.3 is 0 Å². The zero-order chi connectivity index (χ0) is 15.8. The van der Waals surface area contributed by atoms with Crippen LogP contribution in [0.4, 0.5) is 0 Å². The maximum absolute atomic E-state index is 2.36. The molecule has 0 spiro atoms. The number of rotatable bonds is 3. The van der Waals surface area contributed by atoms with Crippen LogP contribution in [0.15, 0.2) is 60.7 Å². The summed E-state index contributed by atoms with van der Waals surface area (Å²) in [5.74, 6) is 0. The zero-order valence-corrected chi connectivity index (χ0v) is 14.4. The van der Waals surface area contributed by atoms with Gasteiger partial charge in [0.05, 0.1) is 0 Å². The molecule has 3 aromatic carbocycles. The Bertz CT molecular complexity index is 969. The first-order valence-corrected chi connectivity index (χ1v) is 9.15. The van der Waals surface area contributed by atoms with E-state index in [1.807, 2.05) is 11.3 Å². The smallest absolute Gasteiger partial charge is 0.0433 e. The van der Waals surface area contributed by atoms with Crippen LogP contribution in [-0.4, -0.2) is 0 Å². The molecule has 0 aliphatic carbocycles. The predicted molar refractivity (Wildman–Crippen MR) is 104 cm³/mol. The number of hydrogen-bond donors (Lipinski definition) is 0. The van der Waals surface area contributed by atoms with Gasteiger partial charge in [-0.05, 0) is 41.2 Å². The van der Waals surface area contributed by atoms with Gasteiger partial charge in [0.25, 0.3) is 0 Å². The highest BCUT2D eigenvalue weighted by atomic mass is 32.1. The van der Waals surface area contributed by atoms with E-state index in [4.69, 9.17) is 0 Å². The lowest BCUT2D eigenvalue weighted by Gasteiger charge is -2.09. The van der Waals surface area contributed by atoms with Gasteiger partial charge < -0.3 is 0 Å². The standard InChI is InChI=1S/C22H20S/c1-3-15-12-16(4-2)14-17(13-15)18-9-7-10-20-19-8-5-6-11-21(19)23-22(18)20/h5-14H,3-4H2,1-2H3. The zero-order valence-electron chi connectivity index (χ0n) is 13.6. The third-order valence-electron chi connectivity index (χ3n) is 4.58. The van der Waals surface area contributed by atoms with Crippen molar-refractivity contribution >= 4 is 31.5 Å². The maximum Gasteiger partial charge on any atom is 0.0433 e. The number of aryl methyl sites for hydroxylation is 2. The summed E-state index contributed by atoms with van der Waals surface area (Å²) in [6.07, 6.45) is 2.17. The number of benzene rings is 3. The summed E-state index contributed by atoms with van der Waals surface area (Å²) in [7, 11) is 0. The molecule has 1 heterocycles. The molecular weight excluding hydrogens is 296 g/mol. The average Bonchev–Trinajstić information content (AvgIpc) is 3.00. The van der Waals surface area contributed by atoms with Crippen molar-refractivity contribution < 1.29 is 0 Å². The van der Waals surface area contributed by atoms with Gasteiger partial charge in [-0.1, -0.05) is 68.4 Å². The summed E-state index contributed by atoms with van der Waals surface area (Å²) < 4.78 is 2.78. The molecule has 0 aliphatic heterocycles. The highest BCUT2D eigenvalue weighted by Gasteiger charge is 2.10. The summed E-state index contributed by atoms with van der Waals surface area (Å²) in [5, 5.41) is 2.75. The largest absolute Gasteiger partial charge is 0.135 e. The molecule has 0 amide bonds. The van der Waals surface area contributed by atoms with Gasteiger partial charge in [-0.2, -0.15) is 0 Å². The summed E-state index contributed by atoms with van der Waals surface area (Å²) >= 11 is 1.91. The van der Waals surface area contributed by atoms with Crippen LogP contribution in [-0.2, 0) is 12.8 Å². The molecule has 0 nitrogen and oxygen atoms in total. The van der Waals surface area contributed by atoms with Crippen molar-refractivity contribution in [3.8, 4) is 11.1 Å². The van der Waals surface area contributed by atoms with Gasteiger partial charge in [0.2, 0.25) is 0 Å². The lowest BCUT2D eigenvalue weighted by molar-refractivity contribution is 1.09. The monoisotopic (exact) mass is 316 g/mol. The summed E-state index contributed by atoms with van der Waals surface area (Å²) in [5.41, 5.74) is 5.59. The molecule has 0 saturated heterocycles. The van der Waals surface area contributed by atoms with Gasteiger partial charge in [-0.25, -0.2) is 0 Å². The van der Waals surface area contributed by atoms with Gasteiger partial charge in [-0.15, -0.1) is 11.3 Å². The molecule has 1 aromatic heterocycles. The average molecular weight is 316 g/mol. The molecule has 0 atom stereocenters. The topological polar surface area (TPSA) is 0 Å². The molecule has 0 fully saturated rings. The van der Waals surface area contributed by atoms with E-state index >= 15 is 0 Å². The Morgan fingerprint density at radius 3 is 2.17 bits per heavy atom. The summed E-state index contributed by atoms with van der Waals surface area (Å²) in [6.45, 7) is 4.47. The van der Waals surface area contributed by atoms with E-state index in [0.29, 0.717) is 0 Å². The van der Waals surface area contributed by atoms with Crippen molar-refractivity contribution in [1.29, 1.82) is 0 Å². The fourth-order valence-corrected chi connectivity index (χ4v) is 4.54. The fraction of sp³-hybridized carbons (Fsp3) is 0.182. The van der Waals surface area contributed by atoms with E-state index < -0.39 is 0 Å². The molecule has 0 N–H and O–H groups in total. The molecule has 1 heteroatoms. The minimum atomic E-state index is 1.09. The fourth-order valence-electron chi connectivity index (χ4n) is 3.30. The van der Waals surface area contributed by atoms with Crippen LogP contribution in [0.3, 0.4) is 0 Å². The molecule has 0 radical (unpaired) electrons. The van der Waals surface area contributed by atoms with Crippen molar-refractivity contribution in [3.05, 3.63) is 71.8 Å². The van der Waals surface area contributed by atoms with Crippen molar-refractivity contribution in [2.24, 2.45) is 0 Å². The highest BCUT2D eigenvalue weighted by molar-refractivity contribution is 7.26. The second kappa shape index (κ2) is 5.82. The minimum absolute atomic E-state index is 1.09. The third kappa shape index (κ3) is 2.46. The Labute approximate surface area is 141 Å². The quantitative estimate of drug-likeness (QED) is 0.388. The molecule has 0 saturated carbocycles.